The SMILES string of the molecule is OC[C@H]1O[C@@H](Sc2cccnc2)[C@H](O)[C@@H](O)[C@@H]1O. The maximum absolute atomic E-state index is 9.82. The maximum Gasteiger partial charge on any atom is 0.136 e. The van der Waals surface area contributed by atoms with Gasteiger partial charge in [-0.2, -0.15) is 0 Å². The van der Waals surface area contributed by atoms with Crippen LogP contribution in [0.25, 0.3) is 0 Å². The summed E-state index contributed by atoms with van der Waals surface area (Å²) in [6, 6.07) is 3.53. The lowest BCUT2D eigenvalue weighted by atomic mass is 10.0. The minimum atomic E-state index is -1.34. The van der Waals surface area contributed by atoms with Crippen molar-refractivity contribution in [2.45, 2.75) is 34.7 Å². The average Bonchev–Trinajstić information content (AvgIpc) is 2.40. The number of aromatic nitrogens is 1. The Hall–Kier alpha value is -0.700. The largest absolute Gasteiger partial charge is 0.394 e. The number of aliphatic hydroxyl groups excluding tert-OH is 4. The summed E-state index contributed by atoms with van der Waals surface area (Å²) in [7, 11) is 0. The highest BCUT2D eigenvalue weighted by atomic mass is 32.2. The number of hydrogen-bond donors (Lipinski definition) is 4. The molecule has 0 spiro atoms. The van der Waals surface area contributed by atoms with Crippen LogP contribution in [0.5, 0.6) is 0 Å². The number of aliphatic hydroxyl groups is 4. The lowest BCUT2D eigenvalue weighted by Gasteiger charge is -2.39. The zero-order valence-corrected chi connectivity index (χ0v) is 10.3. The molecule has 1 fully saturated rings. The molecular weight excluding hydrogens is 258 g/mol. The lowest BCUT2D eigenvalue weighted by Crippen LogP contribution is -2.57. The molecule has 0 aromatic carbocycles. The van der Waals surface area contributed by atoms with Crippen molar-refractivity contribution < 1.29 is 25.2 Å². The first-order valence-electron chi connectivity index (χ1n) is 5.50. The van der Waals surface area contributed by atoms with Crippen molar-refractivity contribution in [2.24, 2.45) is 0 Å². The molecule has 6 nitrogen and oxygen atoms in total. The van der Waals surface area contributed by atoms with E-state index in [1.54, 1.807) is 24.5 Å². The summed E-state index contributed by atoms with van der Waals surface area (Å²) in [5, 5.41) is 38.1. The second-order valence-corrected chi connectivity index (χ2v) is 5.18. The summed E-state index contributed by atoms with van der Waals surface area (Å²) in [6.45, 7) is -0.422. The number of rotatable bonds is 3. The quantitative estimate of drug-likeness (QED) is 0.558. The van der Waals surface area contributed by atoms with Crippen molar-refractivity contribution in [3.8, 4) is 0 Å². The zero-order chi connectivity index (χ0) is 13.1. The molecule has 0 bridgehead atoms. The van der Waals surface area contributed by atoms with Crippen LogP contribution in [0.1, 0.15) is 0 Å². The van der Waals surface area contributed by atoms with Crippen LogP contribution in [0.2, 0.25) is 0 Å². The highest BCUT2D eigenvalue weighted by Crippen LogP contribution is 2.32. The van der Waals surface area contributed by atoms with E-state index in [0.29, 0.717) is 0 Å². The molecule has 18 heavy (non-hydrogen) atoms. The van der Waals surface area contributed by atoms with Crippen molar-refractivity contribution in [3.05, 3.63) is 24.5 Å². The van der Waals surface area contributed by atoms with Crippen LogP contribution in [-0.4, -0.2) is 61.9 Å². The molecule has 1 aromatic rings. The number of hydrogen-bond acceptors (Lipinski definition) is 7. The van der Waals surface area contributed by atoms with Gasteiger partial charge < -0.3 is 25.2 Å². The van der Waals surface area contributed by atoms with E-state index < -0.39 is 36.5 Å². The van der Waals surface area contributed by atoms with E-state index >= 15 is 0 Å². The van der Waals surface area contributed by atoms with Crippen LogP contribution < -0.4 is 0 Å². The lowest BCUT2D eigenvalue weighted by molar-refractivity contribution is -0.205. The van der Waals surface area contributed by atoms with Crippen LogP contribution in [0.4, 0.5) is 0 Å². The summed E-state index contributed by atoms with van der Waals surface area (Å²) in [5.41, 5.74) is -0.759. The third-order valence-electron chi connectivity index (χ3n) is 2.74. The van der Waals surface area contributed by atoms with Crippen molar-refractivity contribution in [1.29, 1.82) is 0 Å². The Morgan fingerprint density at radius 3 is 2.61 bits per heavy atom. The van der Waals surface area contributed by atoms with Crippen molar-refractivity contribution in [2.75, 3.05) is 6.61 Å². The predicted octanol–water partition coefficient (Wildman–Crippen LogP) is -1.03. The minimum absolute atomic E-state index is 0.422. The minimum Gasteiger partial charge on any atom is -0.394 e. The van der Waals surface area contributed by atoms with E-state index in [1.807, 2.05) is 0 Å². The molecule has 0 amide bonds. The van der Waals surface area contributed by atoms with Gasteiger partial charge in [-0.15, -0.1) is 0 Å². The van der Waals surface area contributed by atoms with E-state index in [0.717, 1.165) is 4.90 Å². The van der Waals surface area contributed by atoms with Gasteiger partial charge in [-0.1, -0.05) is 11.8 Å². The van der Waals surface area contributed by atoms with Crippen LogP contribution in [-0.2, 0) is 4.74 Å². The summed E-state index contributed by atoms with van der Waals surface area (Å²) in [4.78, 5) is 4.69. The Labute approximate surface area is 108 Å². The second kappa shape index (κ2) is 5.96. The molecule has 0 radical (unpaired) electrons. The van der Waals surface area contributed by atoms with Gasteiger partial charge in [-0.05, 0) is 12.1 Å². The highest BCUT2D eigenvalue weighted by molar-refractivity contribution is 7.99. The van der Waals surface area contributed by atoms with Crippen LogP contribution in [0.3, 0.4) is 0 Å². The van der Waals surface area contributed by atoms with Gasteiger partial charge in [-0.3, -0.25) is 4.98 Å². The predicted molar refractivity (Wildman–Crippen MR) is 63.9 cm³/mol. The maximum atomic E-state index is 9.82. The summed E-state index contributed by atoms with van der Waals surface area (Å²) >= 11 is 1.18. The van der Waals surface area contributed by atoms with Gasteiger partial charge in [-0.25, -0.2) is 0 Å². The Morgan fingerprint density at radius 1 is 1.22 bits per heavy atom. The normalized spacial score (nSPS) is 36.6. The molecule has 2 heterocycles. The summed E-state index contributed by atoms with van der Waals surface area (Å²) < 4.78 is 5.36. The van der Waals surface area contributed by atoms with Gasteiger partial charge in [0.15, 0.2) is 0 Å². The Morgan fingerprint density at radius 2 is 2.00 bits per heavy atom. The molecule has 1 aromatic heterocycles. The molecule has 7 heteroatoms. The third-order valence-corrected chi connectivity index (χ3v) is 3.87. The van der Waals surface area contributed by atoms with Crippen LogP contribution in [0.15, 0.2) is 29.4 Å². The molecular formula is C11H15NO5S. The Kier molecular flexibility index (Phi) is 4.55. The fraction of sp³-hybridized carbons (Fsp3) is 0.545. The van der Waals surface area contributed by atoms with Crippen molar-refractivity contribution >= 4 is 11.8 Å². The number of pyridine rings is 1. The molecule has 100 valence electrons. The van der Waals surface area contributed by atoms with E-state index in [9.17, 15) is 15.3 Å². The topological polar surface area (TPSA) is 103 Å². The van der Waals surface area contributed by atoms with Crippen LogP contribution in [0, 0.1) is 0 Å². The van der Waals surface area contributed by atoms with Crippen molar-refractivity contribution in [3.63, 3.8) is 0 Å². The van der Waals surface area contributed by atoms with E-state index in [2.05, 4.69) is 4.98 Å². The molecule has 4 N–H and O–H groups in total. The van der Waals surface area contributed by atoms with E-state index in [4.69, 9.17) is 9.84 Å². The summed E-state index contributed by atoms with van der Waals surface area (Å²) in [5.74, 6) is 0. The molecule has 1 aliphatic rings. The van der Waals surface area contributed by atoms with Gasteiger partial charge >= 0.3 is 0 Å². The van der Waals surface area contributed by atoms with Gasteiger partial charge in [0, 0.05) is 17.3 Å². The molecule has 5 atom stereocenters. The van der Waals surface area contributed by atoms with E-state index in [-0.39, 0.29) is 0 Å². The van der Waals surface area contributed by atoms with E-state index in [1.165, 1.54) is 11.8 Å². The number of thioether (sulfide) groups is 1. The first-order valence-corrected chi connectivity index (χ1v) is 6.38. The fourth-order valence-corrected chi connectivity index (χ4v) is 2.76. The first-order chi connectivity index (χ1) is 8.63. The Bertz CT molecular complexity index is 377. The second-order valence-electron chi connectivity index (χ2n) is 4.00. The van der Waals surface area contributed by atoms with Gasteiger partial charge in [0.2, 0.25) is 0 Å². The first kappa shape index (κ1) is 13.7. The third kappa shape index (κ3) is 2.82. The van der Waals surface area contributed by atoms with Crippen LogP contribution >= 0.6 is 11.8 Å². The smallest absolute Gasteiger partial charge is 0.136 e. The zero-order valence-electron chi connectivity index (χ0n) is 9.46. The Balaban J connectivity index is 2.08. The standard InChI is InChI=1S/C11H15NO5S/c13-5-7-8(14)9(15)10(16)11(17-7)18-6-2-1-3-12-4-6/h1-4,7-11,13-16H,5H2/t7-,8-,9+,10-,11+/m1/s1. The molecule has 0 unspecified atom stereocenters. The van der Waals surface area contributed by atoms with Gasteiger partial charge in [0.05, 0.1) is 6.61 Å². The number of nitrogens with zero attached hydrogens (tertiary/aromatic N) is 1. The number of ether oxygens (including phenoxy) is 1. The van der Waals surface area contributed by atoms with Crippen molar-refractivity contribution in [1.82, 2.24) is 4.98 Å². The fourth-order valence-electron chi connectivity index (χ4n) is 1.72. The molecule has 1 saturated heterocycles. The van der Waals surface area contributed by atoms with Gasteiger partial charge in [0.1, 0.15) is 29.9 Å². The highest BCUT2D eigenvalue weighted by Gasteiger charge is 2.43. The molecule has 0 aliphatic carbocycles. The van der Waals surface area contributed by atoms with Gasteiger partial charge in [0.25, 0.3) is 0 Å². The molecule has 0 saturated carbocycles. The molecule has 1 aliphatic heterocycles. The monoisotopic (exact) mass is 273 g/mol. The average molecular weight is 273 g/mol. The summed E-state index contributed by atoms with van der Waals surface area (Å²) in [6.07, 6.45) is -1.55. The molecule has 2 rings (SSSR count).